The number of ether oxygens (including phenoxy) is 2. The van der Waals surface area contributed by atoms with Crippen LogP contribution in [-0.2, 0) is 19.3 Å². The van der Waals surface area contributed by atoms with Gasteiger partial charge in [0.1, 0.15) is 9.88 Å². The van der Waals surface area contributed by atoms with E-state index in [1.165, 1.54) is 38.1 Å². The van der Waals surface area contributed by atoms with Crippen LogP contribution in [0, 0.1) is 6.92 Å². The highest BCUT2D eigenvalue weighted by atomic mass is 32.2. The van der Waals surface area contributed by atoms with E-state index in [1.807, 2.05) is 5.32 Å². The van der Waals surface area contributed by atoms with Crippen LogP contribution in [0.15, 0.2) is 29.2 Å². The fourth-order valence-electron chi connectivity index (χ4n) is 2.72. The molecule has 0 aliphatic carbocycles. The van der Waals surface area contributed by atoms with Gasteiger partial charge in [0.05, 0.1) is 35.5 Å². The van der Waals surface area contributed by atoms with Crippen LogP contribution in [0.2, 0.25) is 0 Å². The normalized spacial score (nSPS) is 10.9. The van der Waals surface area contributed by atoms with E-state index in [0.717, 1.165) is 18.4 Å². The molecule has 172 valence electrons. The molecule has 32 heavy (non-hydrogen) atoms. The van der Waals surface area contributed by atoms with Crippen molar-refractivity contribution in [2.24, 2.45) is 0 Å². The van der Waals surface area contributed by atoms with Gasteiger partial charge in [0.15, 0.2) is 9.84 Å². The topological polar surface area (TPSA) is 145 Å². The lowest BCUT2D eigenvalue weighted by Crippen LogP contribution is -2.31. The molecule has 1 aromatic heterocycles. The minimum absolute atomic E-state index is 0.0478. The fourth-order valence-corrected chi connectivity index (χ4v) is 4.91. The molecular formula is C20H22N2O8S2. The van der Waals surface area contributed by atoms with E-state index in [2.05, 4.69) is 10.1 Å². The summed E-state index contributed by atoms with van der Waals surface area (Å²) in [5.74, 6) is -2.64. The lowest BCUT2D eigenvalue weighted by molar-refractivity contribution is 0.0531. The number of rotatable bonds is 7. The summed E-state index contributed by atoms with van der Waals surface area (Å²) in [6.45, 7) is 4.61. The van der Waals surface area contributed by atoms with Crippen LogP contribution in [0.3, 0.4) is 0 Å². The molecule has 0 saturated carbocycles. The highest BCUT2D eigenvalue weighted by Crippen LogP contribution is 2.34. The molecule has 0 aliphatic heterocycles. The van der Waals surface area contributed by atoms with Gasteiger partial charge in [-0.25, -0.2) is 18.0 Å². The van der Waals surface area contributed by atoms with Gasteiger partial charge >= 0.3 is 12.1 Å². The Kier molecular flexibility index (Phi) is 8.11. The average Bonchev–Trinajstić information content (AvgIpc) is 3.09. The highest BCUT2D eigenvalue weighted by Gasteiger charge is 2.29. The van der Waals surface area contributed by atoms with E-state index in [-0.39, 0.29) is 43.8 Å². The number of nitrogens with one attached hydrogen (secondary N) is 2. The first kappa shape index (κ1) is 25.0. The van der Waals surface area contributed by atoms with E-state index in [9.17, 15) is 27.6 Å². The first-order valence-corrected chi connectivity index (χ1v) is 11.9. The fraction of sp³-hybridized carbons (Fsp3) is 0.300. The number of benzene rings is 1. The predicted octanol–water partition coefficient (Wildman–Crippen LogP) is 2.78. The molecule has 2 rings (SSSR count). The SMILES string of the molecule is CCOC(=O)c1sc(NC(=O)c2ccccc2S(=O)(=O)CC)c(C(=O)NC(=O)OC)c1C. The second-order valence-corrected chi connectivity index (χ2v) is 9.55. The Labute approximate surface area is 188 Å². The van der Waals surface area contributed by atoms with Crippen molar-refractivity contribution in [1.29, 1.82) is 0 Å². The number of carbonyl (C=O) groups excluding carboxylic acids is 4. The quantitative estimate of drug-likeness (QED) is 0.573. The van der Waals surface area contributed by atoms with Crippen molar-refractivity contribution in [3.05, 3.63) is 45.8 Å². The summed E-state index contributed by atoms with van der Waals surface area (Å²) in [6, 6.07) is 5.63. The van der Waals surface area contributed by atoms with Crippen molar-refractivity contribution >= 4 is 50.1 Å². The molecule has 12 heteroatoms. The first-order chi connectivity index (χ1) is 15.1. The van der Waals surface area contributed by atoms with Gasteiger partial charge in [-0.2, -0.15) is 0 Å². The van der Waals surface area contributed by atoms with E-state index >= 15 is 0 Å². The second kappa shape index (κ2) is 10.4. The van der Waals surface area contributed by atoms with Crippen LogP contribution in [0.5, 0.6) is 0 Å². The van der Waals surface area contributed by atoms with Crippen LogP contribution in [0.4, 0.5) is 9.80 Å². The predicted molar refractivity (Wildman–Crippen MR) is 117 cm³/mol. The smallest absolute Gasteiger partial charge is 0.413 e. The number of sulfone groups is 1. The van der Waals surface area contributed by atoms with Gasteiger partial charge in [-0.05, 0) is 31.5 Å². The van der Waals surface area contributed by atoms with Crippen molar-refractivity contribution in [3.8, 4) is 0 Å². The van der Waals surface area contributed by atoms with Crippen LogP contribution in [0.25, 0.3) is 0 Å². The molecule has 3 amide bonds. The number of anilines is 1. The molecule has 0 unspecified atom stereocenters. The van der Waals surface area contributed by atoms with Crippen molar-refractivity contribution in [2.45, 2.75) is 25.7 Å². The second-order valence-electron chi connectivity index (χ2n) is 6.28. The highest BCUT2D eigenvalue weighted by molar-refractivity contribution is 7.91. The molecular weight excluding hydrogens is 460 g/mol. The molecule has 2 N–H and O–H groups in total. The number of imide groups is 1. The Hall–Kier alpha value is -3.25. The molecule has 1 aromatic carbocycles. The molecule has 0 saturated heterocycles. The summed E-state index contributed by atoms with van der Waals surface area (Å²) in [5.41, 5.74) is -0.0929. The molecule has 0 radical (unpaired) electrons. The minimum Gasteiger partial charge on any atom is -0.462 e. The number of carbonyl (C=O) groups is 4. The summed E-state index contributed by atoms with van der Waals surface area (Å²) in [4.78, 5) is 49.3. The third kappa shape index (κ3) is 5.32. The van der Waals surface area contributed by atoms with Crippen LogP contribution >= 0.6 is 11.3 Å². The molecule has 2 aromatic rings. The Morgan fingerprint density at radius 2 is 1.72 bits per heavy atom. The van der Waals surface area contributed by atoms with Crippen LogP contribution in [-0.4, -0.2) is 51.8 Å². The number of esters is 1. The van der Waals surface area contributed by atoms with E-state index in [4.69, 9.17) is 4.74 Å². The van der Waals surface area contributed by atoms with Crippen molar-refractivity contribution in [2.75, 3.05) is 24.8 Å². The third-order valence-corrected chi connectivity index (χ3v) is 7.28. The van der Waals surface area contributed by atoms with E-state index in [0.29, 0.717) is 0 Å². The third-order valence-electron chi connectivity index (χ3n) is 4.31. The molecule has 1 heterocycles. The van der Waals surface area contributed by atoms with Gasteiger partial charge in [0.25, 0.3) is 11.8 Å². The van der Waals surface area contributed by atoms with Gasteiger partial charge in [-0.3, -0.25) is 14.9 Å². The zero-order valence-corrected chi connectivity index (χ0v) is 19.4. The summed E-state index contributed by atoms with van der Waals surface area (Å²) in [5, 5.41) is 4.41. The number of thiophene rings is 1. The number of hydrogen-bond donors (Lipinski definition) is 2. The average molecular weight is 483 g/mol. The maximum atomic E-state index is 13.0. The molecule has 10 nitrogen and oxygen atoms in total. The zero-order valence-electron chi connectivity index (χ0n) is 17.8. The molecule has 0 aliphatic rings. The van der Waals surface area contributed by atoms with Gasteiger partial charge in [-0.1, -0.05) is 19.1 Å². The zero-order chi connectivity index (χ0) is 24.1. The summed E-state index contributed by atoms with van der Waals surface area (Å²) in [7, 11) is -2.64. The van der Waals surface area contributed by atoms with Gasteiger partial charge in [-0.15, -0.1) is 11.3 Å². The number of amides is 3. The maximum Gasteiger partial charge on any atom is 0.413 e. The van der Waals surface area contributed by atoms with Gasteiger partial charge in [0, 0.05) is 0 Å². The lowest BCUT2D eigenvalue weighted by atomic mass is 10.1. The summed E-state index contributed by atoms with van der Waals surface area (Å²) in [6.07, 6.45) is -1.03. The van der Waals surface area contributed by atoms with Crippen LogP contribution in [0.1, 0.15) is 49.8 Å². The van der Waals surface area contributed by atoms with E-state index in [1.54, 1.807) is 6.92 Å². The Morgan fingerprint density at radius 3 is 2.31 bits per heavy atom. The Balaban J connectivity index is 2.54. The Morgan fingerprint density at radius 1 is 1.06 bits per heavy atom. The number of methoxy groups -OCH3 is 1. The maximum absolute atomic E-state index is 13.0. The van der Waals surface area contributed by atoms with Crippen molar-refractivity contribution in [1.82, 2.24) is 5.32 Å². The number of alkyl carbamates (subject to hydrolysis) is 1. The molecule has 0 atom stereocenters. The monoisotopic (exact) mass is 482 g/mol. The van der Waals surface area contributed by atoms with Crippen molar-refractivity contribution < 1.29 is 37.1 Å². The van der Waals surface area contributed by atoms with E-state index < -0.39 is 33.7 Å². The van der Waals surface area contributed by atoms with Gasteiger partial charge in [0.2, 0.25) is 0 Å². The standard InChI is InChI=1S/C20H22N2O8S2/c1-5-30-19(25)15-11(3)14(17(24)22-20(26)29-4)18(31-15)21-16(23)12-9-7-8-10-13(12)32(27,28)6-2/h7-10H,5-6H2,1-4H3,(H,21,23)(H,22,24,26). The molecule has 0 fully saturated rings. The molecule has 0 bridgehead atoms. The summed E-state index contributed by atoms with van der Waals surface area (Å²) < 4.78 is 34.1. The van der Waals surface area contributed by atoms with Gasteiger partial charge < -0.3 is 14.8 Å². The largest absolute Gasteiger partial charge is 0.462 e. The first-order valence-electron chi connectivity index (χ1n) is 9.40. The lowest BCUT2D eigenvalue weighted by Gasteiger charge is -2.10. The van der Waals surface area contributed by atoms with Crippen LogP contribution < -0.4 is 10.6 Å². The number of hydrogen-bond acceptors (Lipinski definition) is 9. The minimum atomic E-state index is -3.71. The Bertz CT molecular complexity index is 1170. The summed E-state index contributed by atoms with van der Waals surface area (Å²) >= 11 is 0.770. The van der Waals surface area contributed by atoms with Crippen molar-refractivity contribution in [3.63, 3.8) is 0 Å². The molecule has 0 spiro atoms.